The normalized spacial score (nSPS) is 12.3. The smallest absolute Gasteiger partial charge is 0.263 e. The Balaban J connectivity index is 1.39. The van der Waals surface area contributed by atoms with E-state index >= 15 is 4.39 Å². The quantitative estimate of drug-likeness (QED) is 0.181. The Labute approximate surface area is 244 Å². The van der Waals surface area contributed by atoms with Gasteiger partial charge in [-0.2, -0.15) is 18.6 Å². The van der Waals surface area contributed by atoms with Gasteiger partial charge in [0.25, 0.3) is 6.33 Å². The van der Waals surface area contributed by atoms with Gasteiger partial charge in [0.2, 0.25) is 0 Å². The van der Waals surface area contributed by atoms with Crippen molar-refractivity contribution < 1.29 is 22.2 Å². The fourth-order valence-electron chi connectivity index (χ4n) is 4.45. The molecule has 6 aromatic rings. The molecule has 1 atom stereocenters. The molecule has 10 nitrogen and oxygen atoms in total. The van der Waals surface area contributed by atoms with Crippen LogP contribution in [0.2, 0.25) is 10.2 Å². The average Bonchev–Trinajstić information content (AvgIpc) is 3.76. The highest BCUT2D eigenvalue weighted by Gasteiger charge is 2.24. The highest BCUT2D eigenvalue weighted by molar-refractivity contribution is 6.32. The second kappa shape index (κ2) is 11.3. The predicted molar refractivity (Wildman–Crippen MR) is 142 cm³/mol. The lowest BCUT2D eigenvalue weighted by Gasteiger charge is -2.18. The van der Waals surface area contributed by atoms with E-state index in [-0.39, 0.29) is 27.3 Å². The summed E-state index contributed by atoms with van der Waals surface area (Å²) in [6.07, 6.45) is 6.20. The molecule has 0 spiro atoms. The summed E-state index contributed by atoms with van der Waals surface area (Å²) in [7, 11) is 0. The van der Waals surface area contributed by atoms with E-state index in [9.17, 15) is 13.2 Å². The van der Waals surface area contributed by atoms with Gasteiger partial charge in [0.1, 0.15) is 22.3 Å². The van der Waals surface area contributed by atoms with Gasteiger partial charge in [0.05, 0.1) is 28.5 Å². The third kappa shape index (κ3) is 5.21. The summed E-state index contributed by atoms with van der Waals surface area (Å²) in [6, 6.07) is 11.8. The zero-order chi connectivity index (χ0) is 29.4. The minimum Gasteiger partial charge on any atom is -0.263 e. The van der Waals surface area contributed by atoms with E-state index in [1.807, 2.05) is 0 Å². The van der Waals surface area contributed by atoms with Gasteiger partial charge < -0.3 is 0 Å². The van der Waals surface area contributed by atoms with Gasteiger partial charge in [0, 0.05) is 29.9 Å². The molecule has 212 valence electrons. The lowest BCUT2D eigenvalue weighted by Crippen LogP contribution is -2.33. The summed E-state index contributed by atoms with van der Waals surface area (Å²) in [5, 5.41) is 21.2. The van der Waals surface area contributed by atoms with Crippen molar-refractivity contribution in [3.63, 3.8) is 0 Å². The Bertz CT molecular complexity index is 1840. The molecule has 0 unspecified atom stereocenters. The first-order chi connectivity index (χ1) is 20.3. The minimum atomic E-state index is -2.96. The summed E-state index contributed by atoms with van der Waals surface area (Å²) in [5.74, 6) is -1.04. The highest BCUT2D eigenvalue weighted by Crippen LogP contribution is 2.33. The van der Waals surface area contributed by atoms with E-state index in [2.05, 4.69) is 35.9 Å². The number of rotatable bonds is 8. The van der Waals surface area contributed by atoms with Crippen molar-refractivity contribution in [1.82, 2.24) is 45.3 Å². The lowest BCUT2D eigenvalue weighted by atomic mass is 10.0. The molecule has 0 aliphatic rings. The van der Waals surface area contributed by atoms with Gasteiger partial charge in [-0.1, -0.05) is 51.8 Å². The molecule has 0 aliphatic carbocycles. The molecule has 2 aromatic carbocycles. The van der Waals surface area contributed by atoms with Gasteiger partial charge >= 0.3 is 6.55 Å². The van der Waals surface area contributed by atoms with Gasteiger partial charge in [-0.25, -0.2) is 8.78 Å². The number of alkyl halides is 2. The molecule has 4 heterocycles. The van der Waals surface area contributed by atoms with Gasteiger partial charge in [-0.3, -0.25) is 9.67 Å². The standard InChI is InChI=1S/C26H16Cl2F4N10/c27-18-6-8-20(41-13-34-37-39-41)22(23(18)30)15-3-7-19(33-10-15)21(9-14-1-4-17(29)5-2-14)40-12-16(11-35-40)24-25(28)42(26(31)32)38-36-24/h1-8,10-13,21,26H,9H2/p+1/t21-/m1/s1. The number of nitrogens with zero attached hydrogens (tertiary/aromatic N) is 9. The number of benzene rings is 2. The van der Waals surface area contributed by atoms with E-state index in [0.717, 1.165) is 5.56 Å². The molecule has 0 fully saturated rings. The summed E-state index contributed by atoms with van der Waals surface area (Å²) >= 11 is 12.2. The van der Waals surface area contributed by atoms with Gasteiger partial charge in [-0.15, -0.1) is 9.78 Å². The summed E-state index contributed by atoms with van der Waals surface area (Å²) < 4.78 is 58.5. The maximum Gasteiger partial charge on any atom is 0.335 e. The van der Waals surface area contributed by atoms with Crippen LogP contribution in [0.4, 0.5) is 17.6 Å². The number of nitrogens with one attached hydrogen (secondary N) is 1. The van der Waals surface area contributed by atoms with Crippen LogP contribution in [-0.2, 0) is 6.42 Å². The van der Waals surface area contributed by atoms with Gasteiger partial charge in [0.15, 0.2) is 16.2 Å². The number of pyridine rings is 1. The first-order valence-corrected chi connectivity index (χ1v) is 13.0. The van der Waals surface area contributed by atoms with Crippen LogP contribution < -0.4 is 4.68 Å². The third-order valence-corrected chi connectivity index (χ3v) is 7.13. The zero-order valence-corrected chi connectivity index (χ0v) is 22.6. The van der Waals surface area contributed by atoms with E-state index in [4.69, 9.17) is 23.2 Å². The van der Waals surface area contributed by atoms with Gasteiger partial charge in [-0.05, 0) is 35.9 Å². The number of hydrogen-bond donors (Lipinski definition) is 1. The maximum absolute atomic E-state index is 15.3. The van der Waals surface area contributed by atoms with Crippen molar-refractivity contribution in [3.05, 3.63) is 107 Å². The van der Waals surface area contributed by atoms with E-state index in [1.54, 1.807) is 41.2 Å². The molecule has 0 amide bonds. The molecule has 4 aromatic heterocycles. The first kappa shape index (κ1) is 27.5. The highest BCUT2D eigenvalue weighted by atomic mass is 35.5. The molecule has 6 rings (SSSR count). The Morgan fingerprint density at radius 3 is 2.43 bits per heavy atom. The molecule has 0 radical (unpaired) electrons. The summed E-state index contributed by atoms with van der Waals surface area (Å²) in [6.45, 7) is -2.96. The fourth-order valence-corrected chi connectivity index (χ4v) is 4.86. The number of aromatic amines is 1. The number of tetrazole rings is 1. The molecule has 0 bridgehead atoms. The summed E-state index contributed by atoms with van der Waals surface area (Å²) in [4.78, 5) is 4.61. The van der Waals surface area contributed by atoms with E-state index < -0.39 is 18.4 Å². The first-order valence-electron chi connectivity index (χ1n) is 12.2. The van der Waals surface area contributed by atoms with Crippen molar-refractivity contribution in [2.24, 2.45) is 0 Å². The second-order valence-electron chi connectivity index (χ2n) is 9.03. The molecule has 1 N–H and O–H groups in total. The van der Waals surface area contributed by atoms with E-state index in [1.165, 1.54) is 41.6 Å². The van der Waals surface area contributed by atoms with Crippen molar-refractivity contribution in [2.45, 2.75) is 19.0 Å². The minimum absolute atomic E-state index is 0.0295. The number of hydrogen-bond acceptors (Lipinski definition) is 6. The third-order valence-electron chi connectivity index (χ3n) is 6.49. The molecular formula is C26H17Cl2F4N10+. The van der Waals surface area contributed by atoms with Crippen molar-refractivity contribution in [3.8, 4) is 28.1 Å². The van der Waals surface area contributed by atoms with Crippen LogP contribution in [0.5, 0.6) is 0 Å². The monoisotopic (exact) mass is 615 g/mol. The fraction of sp³-hybridized carbons (Fsp3) is 0.115. The summed E-state index contributed by atoms with van der Waals surface area (Å²) in [5.41, 5.74) is 2.69. The second-order valence-corrected chi connectivity index (χ2v) is 9.80. The van der Waals surface area contributed by atoms with Crippen molar-refractivity contribution >= 4 is 23.2 Å². The number of H-pyrrole nitrogens is 1. The van der Waals surface area contributed by atoms with Crippen molar-refractivity contribution in [2.75, 3.05) is 0 Å². The Morgan fingerprint density at radius 1 is 0.952 bits per heavy atom. The maximum atomic E-state index is 15.3. The zero-order valence-electron chi connectivity index (χ0n) is 21.1. The average molecular weight is 616 g/mol. The number of halogens is 6. The van der Waals surface area contributed by atoms with Crippen LogP contribution in [0.1, 0.15) is 23.8 Å². The Hall–Kier alpha value is -4.69. The molecule has 16 heteroatoms. The molecule has 0 aliphatic heterocycles. The topological polar surface area (TPSA) is 107 Å². The molecule has 0 saturated carbocycles. The van der Waals surface area contributed by atoms with Crippen molar-refractivity contribution in [1.29, 1.82) is 0 Å². The van der Waals surface area contributed by atoms with Crippen LogP contribution in [0.15, 0.2) is 73.4 Å². The van der Waals surface area contributed by atoms with Crippen LogP contribution in [0.25, 0.3) is 28.1 Å². The molecule has 42 heavy (non-hydrogen) atoms. The SMILES string of the molecule is Fc1ccc(C[C@H](c2ccc(-c3c(-[n+]4cnn[nH]4)ccc(Cl)c3F)cn2)n2cc(-c3nnn(C(F)F)c3Cl)cn2)cc1. The molecule has 0 saturated heterocycles. The predicted octanol–water partition coefficient (Wildman–Crippen LogP) is 5.41. The number of aromatic nitrogens is 10. The van der Waals surface area contributed by atoms with Crippen LogP contribution >= 0.6 is 23.2 Å². The lowest BCUT2D eigenvalue weighted by molar-refractivity contribution is -0.659. The van der Waals surface area contributed by atoms with E-state index in [0.29, 0.717) is 33.6 Å². The largest absolute Gasteiger partial charge is 0.335 e. The molecular weight excluding hydrogens is 599 g/mol. The van der Waals surface area contributed by atoms with Crippen LogP contribution in [0.3, 0.4) is 0 Å². The van der Waals surface area contributed by atoms with Crippen LogP contribution in [-0.4, -0.2) is 45.3 Å². The Kier molecular flexibility index (Phi) is 7.39. The van der Waals surface area contributed by atoms with Crippen LogP contribution in [0, 0.1) is 11.6 Å². The Morgan fingerprint density at radius 2 is 1.76 bits per heavy atom.